The topological polar surface area (TPSA) is 70.1 Å². The maximum Gasteiger partial charge on any atom is 0.270 e. The first kappa shape index (κ1) is 14.2. The van der Waals surface area contributed by atoms with E-state index in [9.17, 15) is 9.18 Å². The van der Waals surface area contributed by atoms with Crippen LogP contribution in [0, 0.1) is 5.82 Å². The Kier molecular flexibility index (Phi) is 4.84. The van der Waals surface area contributed by atoms with E-state index in [1.807, 2.05) is 0 Å². The van der Waals surface area contributed by atoms with Crippen molar-refractivity contribution in [3.63, 3.8) is 0 Å². The van der Waals surface area contributed by atoms with E-state index in [0.29, 0.717) is 30.9 Å². The second kappa shape index (κ2) is 6.81. The maximum atomic E-state index is 13.5. The normalized spacial score (nSPS) is 10.5. The van der Waals surface area contributed by atoms with E-state index >= 15 is 0 Å². The molecular weight excluding hydrogens is 261 g/mol. The number of nitrogens with two attached hydrogens (primary N) is 1. The molecule has 106 valence electrons. The summed E-state index contributed by atoms with van der Waals surface area (Å²) < 4.78 is 20.0. The molecule has 2 N–H and O–H groups in total. The third kappa shape index (κ3) is 3.64. The van der Waals surface area contributed by atoms with Crippen LogP contribution in [0.25, 0.3) is 0 Å². The van der Waals surface area contributed by atoms with Gasteiger partial charge in [0.05, 0.1) is 19.3 Å². The Morgan fingerprint density at radius 2 is 2.15 bits per heavy atom. The summed E-state index contributed by atoms with van der Waals surface area (Å²) in [6.45, 7) is 1.06. The van der Waals surface area contributed by atoms with Crippen molar-refractivity contribution in [1.29, 1.82) is 0 Å². The van der Waals surface area contributed by atoms with E-state index in [-0.39, 0.29) is 17.9 Å². The molecule has 2 rings (SSSR count). The summed E-state index contributed by atoms with van der Waals surface area (Å²) >= 11 is 0. The number of hydrogen-bond acceptors (Lipinski definition) is 4. The smallest absolute Gasteiger partial charge is 0.270 e. The number of aromatic nitrogens is 2. The van der Waals surface area contributed by atoms with Gasteiger partial charge in [-0.25, -0.2) is 9.07 Å². The fourth-order valence-corrected chi connectivity index (χ4v) is 1.68. The summed E-state index contributed by atoms with van der Waals surface area (Å²) in [5, 5.41) is 3.97. The van der Waals surface area contributed by atoms with Crippen LogP contribution < -0.4 is 16.0 Å². The highest BCUT2D eigenvalue weighted by molar-refractivity contribution is 5.18. The zero-order valence-electron chi connectivity index (χ0n) is 11.0. The van der Waals surface area contributed by atoms with Gasteiger partial charge in [0.1, 0.15) is 11.6 Å². The highest BCUT2D eigenvalue weighted by Gasteiger charge is 2.05. The van der Waals surface area contributed by atoms with Gasteiger partial charge in [-0.3, -0.25) is 4.79 Å². The van der Waals surface area contributed by atoms with Crippen molar-refractivity contribution < 1.29 is 9.13 Å². The van der Waals surface area contributed by atoms with Crippen LogP contribution in [0.1, 0.15) is 12.0 Å². The Labute approximate surface area is 115 Å². The van der Waals surface area contributed by atoms with Crippen LogP contribution in [0.15, 0.2) is 41.3 Å². The third-order valence-electron chi connectivity index (χ3n) is 2.74. The molecule has 0 atom stereocenters. The van der Waals surface area contributed by atoms with Crippen molar-refractivity contribution in [2.45, 2.75) is 13.0 Å². The molecule has 1 aromatic heterocycles. The molecule has 0 unspecified atom stereocenters. The molecule has 5 nitrogen and oxygen atoms in total. The van der Waals surface area contributed by atoms with Gasteiger partial charge in [0.15, 0.2) is 0 Å². The van der Waals surface area contributed by atoms with Gasteiger partial charge in [-0.1, -0.05) is 18.2 Å². The van der Waals surface area contributed by atoms with E-state index < -0.39 is 0 Å². The van der Waals surface area contributed by atoms with Crippen molar-refractivity contribution in [2.75, 3.05) is 13.2 Å². The minimum atomic E-state index is -0.357. The average molecular weight is 277 g/mol. The first-order valence-electron chi connectivity index (χ1n) is 6.34. The van der Waals surface area contributed by atoms with Crippen LogP contribution in [0.3, 0.4) is 0 Å². The lowest BCUT2D eigenvalue weighted by molar-refractivity contribution is 0.309. The molecule has 20 heavy (non-hydrogen) atoms. The van der Waals surface area contributed by atoms with Gasteiger partial charge in [0.2, 0.25) is 0 Å². The first-order valence-corrected chi connectivity index (χ1v) is 6.34. The Morgan fingerprint density at radius 3 is 2.85 bits per heavy atom. The molecule has 6 heteroatoms. The van der Waals surface area contributed by atoms with Gasteiger partial charge in [0, 0.05) is 11.6 Å². The number of nitrogens with zero attached hydrogens (tertiary/aromatic N) is 2. The van der Waals surface area contributed by atoms with Crippen molar-refractivity contribution in [3.8, 4) is 5.75 Å². The maximum absolute atomic E-state index is 13.5. The fraction of sp³-hybridized carbons (Fsp3) is 0.286. The van der Waals surface area contributed by atoms with Gasteiger partial charge >= 0.3 is 0 Å². The molecule has 0 bridgehead atoms. The van der Waals surface area contributed by atoms with Crippen LogP contribution in [-0.2, 0) is 6.54 Å². The molecule has 0 aliphatic rings. The van der Waals surface area contributed by atoms with Crippen LogP contribution in [0.5, 0.6) is 5.75 Å². The van der Waals surface area contributed by atoms with Crippen molar-refractivity contribution in [1.82, 2.24) is 9.78 Å². The molecule has 0 fully saturated rings. The average Bonchev–Trinajstić information content (AvgIpc) is 2.44. The van der Waals surface area contributed by atoms with Gasteiger partial charge in [-0.05, 0) is 19.0 Å². The number of hydrogen-bond donors (Lipinski definition) is 1. The van der Waals surface area contributed by atoms with Crippen LogP contribution in [-0.4, -0.2) is 22.9 Å². The van der Waals surface area contributed by atoms with Crippen LogP contribution in [0.4, 0.5) is 4.39 Å². The highest BCUT2D eigenvalue weighted by atomic mass is 19.1. The summed E-state index contributed by atoms with van der Waals surface area (Å²) in [6, 6.07) is 7.63. The molecular formula is C14H16FN3O2. The predicted molar refractivity (Wildman–Crippen MR) is 73.2 cm³/mol. The molecule has 2 aromatic rings. The van der Waals surface area contributed by atoms with Crippen molar-refractivity contribution in [2.24, 2.45) is 5.73 Å². The molecule has 0 amide bonds. The third-order valence-corrected chi connectivity index (χ3v) is 2.74. The number of benzene rings is 1. The van der Waals surface area contributed by atoms with Crippen molar-refractivity contribution in [3.05, 3.63) is 58.3 Å². The Balaban J connectivity index is 2.10. The van der Waals surface area contributed by atoms with Gasteiger partial charge in [-0.15, -0.1) is 0 Å². The van der Waals surface area contributed by atoms with E-state index in [4.69, 9.17) is 10.5 Å². The predicted octanol–water partition coefficient (Wildman–Crippen LogP) is 1.16. The molecule has 0 aliphatic carbocycles. The zero-order chi connectivity index (χ0) is 14.4. The monoisotopic (exact) mass is 277 g/mol. The van der Waals surface area contributed by atoms with E-state index in [2.05, 4.69) is 5.10 Å². The first-order chi connectivity index (χ1) is 9.70. The van der Waals surface area contributed by atoms with Gasteiger partial charge < -0.3 is 10.5 Å². The van der Waals surface area contributed by atoms with Crippen molar-refractivity contribution >= 4 is 0 Å². The summed E-state index contributed by atoms with van der Waals surface area (Å²) in [7, 11) is 0. The standard InChI is InChI=1S/C14H16FN3O2/c15-13-5-2-1-4-11(13)10-18-14(19)8-12(9-17-18)20-7-3-6-16/h1-2,4-5,8-9H,3,6-7,10,16H2. The Morgan fingerprint density at radius 1 is 1.35 bits per heavy atom. The van der Waals surface area contributed by atoms with E-state index in [1.54, 1.807) is 18.2 Å². The zero-order valence-corrected chi connectivity index (χ0v) is 11.0. The lowest BCUT2D eigenvalue weighted by atomic mass is 10.2. The minimum Gasteiger partial charge on any atom is -0.492 e. The lowest BCUT2D eigenvalue weighted by Crippen LogP contribution is -2.23. The largest absolute Gasteiger partial charge is 0.492 e. The molecule has 1 aromatic carbocycles. The quantitative estimate of drug-likeness (QED) is 0.804. The number of halogens is 1. The molecule has 0 spiro atoms. The molecule has 0 saturated heterocycles. The summed E-state index contributed by atoms with van der Waals surface area (Å²) in [5.74, 6) is 0.0395. The lowest BCUT2D eigenvalue weighted by Gasteiger charge is -2.08. The highest BCUT2D eigenvalue weighted by Crippen LogP contribution is 2.08. The van der Waals surface area contributed by atoms with E-state index in [0.717, 1.165) is 0 Å². The second-order valence-electron chi connectivity index (χ2n) is 4.27. The number of rotatable bonds is 6. The summed E-state index contributed by atoms with van der Waals surface area (Å²) in [4.78, 5) is 11.9. The van der Waals surface area contributed by atoms with Crippen LogP contribution >= 0.6 is 0 Å². The SMILES string of the molecule is NCCCOc1cnn(Cc2ccccc2F)c(=O)c1. The van der Waals surface area contributed by atoms with Gasteiger partial charge in [0.25, 0.3) is 5.56 Å². The Hall–Kier alpha value is -2.21. The summed E-state index contributed by atoms with van der Waals surface area (Å²) in [6.07, 6.45) is 2.15. The Bertz CT molecular complexity index is 628. The molecule has 1 heterocycles. The summed E-state index contributed by atoms with van der Waals surface area (Å²) in [5.41, 5.74) is 5.43. The molecule has 0 saturated carbocycles. The number of ether oxygens (including phenoxy) is 1. The van der Waals surface area contributed by atoms with E-state index in [1.165, 1.54) is 23.0 Å². The second-order valence-corrected chi connectivity index (χ2v) is 4.27. The van der Waals surface area contributed by atoms with Crippen LogP contribution in [0.2, 0.25) is 0 Å². The molecule has 0 radical (unpaired) electrons. The fourth-order valence-electron chi connectivity index (χ4n) is 1.68. The molecule has 0 aliphatic heterocycles. The van der Waals surface area contributed by atoms with Gasteiger partial charge in [-0.2, -0.15) is 5.10 Å². The minimum absolute atomic E-state index is 0.0919.